The molecule has 1 rings (SSSR count). The average molecular weight is 207 g/mol. The molecule has 0 heterocycles. The van der Waals surface area contributed by atoms with E-state index in [0.29, 0.717) is 0 Å². The van der Waals surface area contributed by atoms with E-state index >= 15 is 0 Å². The lowest BCUT2D eigenvalue weighted by Crippen LogP contribution is -2.24. The van der Waals surface area contributed by atoms with Gasteiger partial charge in [-0.2, -0.15) is 0 Å². The van der Waals surface area contributed by atoms with Gasteiger partial charge in [-0.25, -0.2) is 0 Å². The number of carboxylic acid groups (broad SMARTS) is 1. The van der Waals surface area contributed by atoms with Gasteiger partial charge in [-0.3, -0.25) is 0 Å². The number of carbonyl (C=O) groups excluding carboxylic acids is 1. The molecule has 2 heteroatoms. The van der Waals surface area contributed by atoms with Crippen LogP contribution in [-0.2, 0) is 4.79 Å². The van der Waals surface area contributed by atoms with Crippen molar-refractivity contribution in [1.29, 1.82) is 0 Å². The molecule has 0 aromatic heterocycles. The molecule has 0 aliphatic heterocycles. The van der Waals surface area contributed by atoms with Crippen molar-refractivity contribution in [2.24, 2.45) is 0 Å². The van der Waals surface area contributed by atoms with Crippen LogP contribution in [-0.4, -0.2) is 5.97 Å². The van der Waals surface area contributed by atoms with Gasteiger partial charge in [0.25, 0.3) is 0 Å². The molecular formula is C13H19O2-. The van der Waals surface area contributed by atoms with Gasteiger partial charge >= 0.3 is 0 Å². The summed E-state index contributed by atoms with van der Waals surface area (Å²) in [5, 5.41) is 10.7. The molecule has 0 aromatic carbocycles. The number of carboxylic acids is 1. The predicted octanol–water partition coefficient (Wildman–Crippen LogP) is 2.35. The van der Waals surface area contributed by atoms with Gasteiger partial charge in [-0.15, -0.1) is 0 Å². The topological polar surface area (TPSA) is 40.1 Å². The lowest BCUT2D eigenvalue weighted by molar-refractivity contribution is -0.298. The Morgan fingerprint density at radius 3 is 2.40 bits per heavy atom. The summed E-state index contributed by atoms with van der Waals surface area (Å²) in [4.78, 5) is 10.7. The van der Waals surface area contributed by atoms with E-state index in [-0.39, 0.29) is 5.57 Å². The van der Waals surface area contributed by atoms with Crippen LogP contribution in [0.5, 0.6) is 0 Å². The van der Waals surface area contributed by atoms with Crippen LogP contribution in [0.2, 0.25) is 0 Å². The summed E-state index contributed by atoms with van der Waals surface area (Å²) in [5.41, 5.74) is 1.06. The van der Waals surface area contributed by atoms with Gasteiger partial charge in [-0.1, -0.05) is 38.3 Å². The lowest BCUT2D eigenvalue weighted by atomic mass is 9.96. The van der Waals surface area contributed by atoms with E-state index in [1.807, 2.05) is 6.08 Å². The molecule has 2 nitrogen and oxygen atoms in total. The maximum atomic E-state index is 10.7. The van der Waals surface area contributed by atoms with Crippen LogP contribution in [0.1, 0.15) is 51.4 Å². The van der Waals surface area contributed by atoms with Gasteiger partial charge in [0.15, 0.2) is 0 Å². The summed E-state index contributed by atoms with van der Waals surface area (Å²) in [6.07, 6.45) is 11.1. The third-order valence-corrected chi connectivity index (χ3v) is 2.92. The first-order valence-corrected chi connectivity index (χ1v) is 5.81. The molecule has 0 atom stereocenters. The minimum Gasteiger partial charge on any atom is -0.545 e. The highest BCUT2D eigenvalue weighted by Crippen LogP contribution is 2.20. The first-order valence-electron chi connectivity index (χ1n) is 5.81. The standard InChI is InChI=1S/C13H20O2/c1-11(13(14)15)12-9-7-5-3-2-4-6-8-10-12/h9H,1-8,10H2,(H,14,15)/p-1/b12-9+. The van der Waals surface area contributed by atoms with Crippen LogP contribution in [0.25, 0.3) is 0 Å². The molecule has 0 spiro atoms. The summed E-state index contributed by atoms with van der Waals surface area (Å²) in [6, 6.07) is 0. The van der Waals surface area contributed by atoms with Crippen molar-refractivity contribution in [2.45, 2.75) is 51.4 Å². The smallest absolute Gasteiger partial charge is 0.0712 e. The third kappa shape index (κ3) is 4.32. The molecule has 84 valence electrons. The number of rotatable bonds is 2. The number of allylic oxidation sites excluding steroid dienone is 1. The van der Waals surface area contributed by atoms with E-state index in [1.165, 1.54) is 25.7 Å². The quantitative estimate of drug-likeness (QED) is 0.652. The molecule has 0 aromatic rings. The Bertz CT molecular complexity index is 264. The molecule has 0 saturated heterocycles. The fraction of sp³-hybridized carbons (Fsp3) is 0.615. The van der Waals surface area contributed by atoms with Crippen molar-refractivity contribution in [3.8, 4) is 0 Å². The van der Waals surface area contributed by atoms with E-state index in [9.17, 15) is 9.90 Å². The summed E-state index contributed by atoms with van der Waals surface area (Å²) < 4.78 is 0. The second-order valence-corrected chi connectivity index (χ2v) is 4.16. The second-order valence-electron chi connectivity index (χ2n) is 4.16. The van der Waals surface area contributed by atoms with Crippen molar-refractivity contribution >= 4 is 5.97 Å². The van der Waals surface area contributed by atoms with Crippen LogP contribution in [0.15, 0.2) is 23.8 Å². The first-order chi connectivity index (χ1) is 7.22. The maximum Gasteiger partial charge on any atom is 0.0712 e. The normalized spacial score (nSPS) is 22.5. The molecule has 0 radical (unpaired) electrons. The van der Waals surface area contributed by atoms with Crippen molar-refractivity contribution in [1.82, 2.24) is 0 Å². The molecule has 0 bridgehead atoms. The van der Waals surface area contributed by atoms with Gasteiger partial charge in [0.1, 0.15) is 0 Å². The first kappa shape index (κ1) is 12.0. The van der Waals surface area contributed by atoms with Crippen molar-refractivity contribution in [2.75, 3.05) is 0 Å². The zero-order valence-corrected chi connectivity index (χ0v) is 9.26. The molecule has 0 fully saturated rings. The van der Waals surface area contributed by atoms with Gasteiger partial charge in [0.05, 0.1) is 5.97 Å². The minimum atomic E-state index is -1.13. The van der Waals surface area contributed by atoms with Gasteiger partial charge in [0, 0.05) is 0 Å². The summed E-state index contributed by atoms with van der Waals surface area (Å²) in [7, 11) is 0. The Labute approximate surface area is 91.7 Å². The molecule has 0 amide bonds. The molecule has 1 aliphatic rings. The van der Waals surface area contributed by atoms with E-state index < -0.39 is 5.97 Å². The number of hydrogen-bond donors (Lipinski definition) is 0. The summed E-state index contributed by atoms with van der Waals surface area (Å²) >= 11 is 0. The number of hydrogen-bond acceptors (Lipinski definition) is 2. The third-order valence-electron chi connectivity index (χ3n) is 2.92. The molecule has 0 unspecified atom stereocenters. The molecule has 15 heavy (non-hydrogen) atoms. The highest BCUT2D eigenvalue weighted by molar-refractivity contribution is 5.89. The predicted molar refractivity (Wildman–Crippen MR) is 59.2 cm³/mol. The SMILES string of the molecule is C=C(C(=O)[O-])/C1=C/CCCCCCCC1. The zero-order valence-electron chi connectivity index (χ0n) is 9.26. The van der Waals surface area contributed by atoms with Crippen molar-refractivity contribution < 1.29 is 9.90 Å². The Kier molecular flexibility index (Phi) is 5.16. The van der Waals surface area contributed by atoms with Crippen LogP contribution >= 0.6 is 0 Å². The highest BCUT2D eigenvalue weighted by atomic mass is 16.4. The molecule has 0 saturated carbocycles. The van der Waals surface area contributed by atoms with Crippen LogP contribution in [0, 0.1) is 0 Å². The lowest BCUT2D eigenvalue weighted by Gasteiger charge is -2.13. The van der Waals surface area contributed by atoms with Crippen LogP contribution < -0.4 is 5.11 Å². The number of carbonyl (C=O) groups is 1. The Morgan fingerprint density at radius 1 is 1.13 bits per heavy atom. The zero-order chi connectivity index (χ0) is 11.1. The summed E-state index contributed by atoms with van der Waals surface area (Å²) in [6.45, 7) is 3.57. The molecule has 0 N–H and O–H groups in total. The van der Waals surface area contributed by atoms with E-state index in [4.69, 9.17) is 0 Å². The largest absolute Gasteiger partial charge is 0.545 e. The van der Waals surface area contributed by atoms with Crippen LogP contribution in [0.3, 0.4) is 0 Å². The fourth-order valence-electron chi connectivity index (χ4n) is 1.95. The monoisotopic (exact) mass is 207 g/mol. The van der Waals surface area contributed by atoms with E-state index in [0.717, 1.165) is 31.3 Å². The fourth-order valence-corrected chi connectivity index (χ4v) is 1.95. The minimum absolute atomic E-state index is 0.176. The Balaban J connectivity index is 2.60. The van der Waals surface area contributed by atoms with Gasteiger partial charge in [-0.05, 0) is 36.8 Å². The van der Waals surface area contributed by atoms with Crippen LogP contribution in [0.4, 0.5) is 0 Å². The highest BCUT2D eigenvalue weighted by Gasteiger charge is 2.05. The van der Waals surface area contributed by atoms with E-state index in [2.05, 4.69) is 6.58 Å². The number of aliphatic carboxylic acids is 1. The molecular weight excluding hydrogens is 188 g/mol. The Morgan fingerprint density at radius 2 is 1.73 bits per heavy atom. The van der Waals surface area contributed by atoms with E-state index in [1.54, 1.807) is 0 Å². The summed E-state index contributed by atoms with van der Waals surface area (Å²) in [5.74, 6) is -1.13. The van der Waals surface area contributed by atoms with Crippen molar-refractivity contribution in [3.63, 3.8) is 0 Å². The average Bonchev–Trinajstić information content (AvgIpc) is 2.24. The maximum absolute atomic E-state index is 10.7. The second kappa shape index (κ2) is 6.44. The van der Waals surface area contributed by atoms with Gasteiger partial charge in [0.2, 0.25) is 0 Å². The molecule has 1 aliphatic carbocycles. The van der Waals surface area contributed by atoms with Gasteiger partial charge < -0.3 is 9.90 Å². The van der Waals surface area contributed by atoms with Crippen molar-refractivity contribution in [3.05, 3.63) is 23.8 Å². The Hall–Kier alpha value is -1.05.